The number of hydrogen-bond acceptors (Lipinski definition) is 3. The van der Waals surface area contributed by atoms with Crippen LogP contribution in [0.25, 0.3) is 11.0 Å². The van der Waals surface area contributed by atoms with E-state index in [0.717, 1.165) is 42.1 Å². The van der Waals surface area contributed by atoms with Gasteiger partial charge in [0.05, 0.1) is 23.7 Å². The fourth-order valence-corrected chi connectivity index (χ4v) is 2.65. The van der Waals surface area contributed by atoms with Crippen LogP contribution in [0.5, 0.6) is 0 Å². The van der Waals surface area contributed by atoms with Crippen molar-refractivity contribution in [2.45, 2.75) is 38.8 Å². The number of ether oxygens (including phenoxy) is 1. The number of hydrogen-bond donors (Lipinski definition) is 1. The van der Waals surface area contributed by atoms with Gasteiger partial charge in [0.15, 0.2) is 0 Å². The summed E-state index contributed by atoms with van der Waals surface area (Å²) >= 11 is 0. The van der Waals surface area contributed by atoms with Gasteiger partial charge in [-0.15, -0.1) is 0 Å². The monoisotopic (exact) mass is 245 g/mol. The zero-order chi connectivity index (χ0) is 12.5. The highest BCUT2D eigenvalue weighted by molar-refractivity contribution is 5.79. The highest BCUT2D eigenvalue weighted by atomic mass is 16.5. The van der Waals surface area contributed by atoms with Crippen molar-refractivity contribution in [2.75, 3.05) is 12.3 Å². The van der Waals surface area contributed by atoms with Crippen molar-refractivity contribution in [1.82, 2.24) is 9.55 Å². The molecule has 1 aromatic carbocycles. The second-order valence-electron chi connectivity index (χ2n) is 5.01. The van der Waals surface area contributed by atoms with Crippen LogP contribution in [0.1, 0.15) is 25.1 Å². The molecule has 1 aliphatic rings. The molecule has 3 rings (SSSR count). The number of nitrogens with zero attached hydrogens (tertiary/aromatic N) is 2. The Morgan fingerprint density at radius 2 is 2.33 bits per heavy atom. The first-order valence-corrected chi connectivity index (χ1v) is 6.58. The maximum absolute atomic E-state index is 5.81. The zero-order valence-corrected chi connectivity index (χ0v) is 10.7. The molecule has 4 nitrogen and oxygen atoms in total. The zero-order valence-electron chi connectivity index (χ0n) is 10.7. The number of anilines is 1. The molecule has 1 unspecified atom stereocenters. The van der Waals surface area contributed by atoms with E-state index in [2.05, 4.69) is 9.55 Å². The molecule has 96 valence electrons. The summed E-state index contributed by atoms with van der Waals surface area (Å²) in [7, 11) is 0. The predicted molar refractivity (Wildman–Crippen MR) is 72.5 cm³/mol. The lowest BCUT2D eigenvalue weighted by molar-refractivity contribution is 0.00631. The summed E-state index contributed by atoms with van der Waals surface area (Å²) in [6.07, 6.45) is 3.93. The van der Waals surface area contributed by atoms with Gasteiger partial charge in [-0.05, 0) is 44.4 Å². The van der Waals surface area contributed by atoms with E-state index >= 15 is 0 Å². The maximum Gasteiger partial charge on any atom is 0.106 e. The van der Waals surface area contributed by atoms with Gasteiger partial charge in [0.25, 0.3) is 0 Å². The van der Waals surface area contributed by atoms with Crippen molar-refractivity contribution in [3.8, 4) is 0 Å². The van der Waals surface area contributed by atoms with Gasteiger partial charge in [0, 0.05) is 12.3 Å². The van der Waals surface area contributed by atoms with Gasteiger partial charge in [0.2, 0.25) is 0 Å². The second kappa shape index (κ2) is 4.61. The number of nitrogens with two attached hydrogens (primary N) is 1. The van der Waals surface area contributed by atoms with Crippen molar-refractivity contribution in [3.63, 3.8) is 0 Å². The van der Waals surface area contributed by atoms with E-state index in [0.29, 0.717) is 6.10 Å². The van der Waals surface area contributed by atoms with Crippen LogP contribution in [0.4, 0.5) is 5.69 Å². The van der Waals surface area contributed by atoms with Crippen LogP contribution >= 0.6 is 0 Å². The van der Waals surface area contributed by atoms with Crippen LogP contribution in [0, 0.1) is 6.92 Å². The Morgan fingerprint density at radius 1 is 1.44 bits per heavy atom. The van der Waals surface area contributed by atoms with E-state index in [1.54, 1.807) is 0 Å². The Morgan fingerprint density at radius 3 is 3.11 bits per heavy atom. The summed E-state index contributed by atoms with van der Waals surface area (Å²) < 4.78 is 8.05. The van der Waals surface area contributed by atoms with Crippen LogP contribution in [0.2, 0.25) is 0 Å². The van der Waals surface area contributed by atoms with E-state index in [1.165, 1.54) is 12.8 Å². The first-order chi connectivity index (χ1) is 8.74. The average Bonchev–Trinajstić information content (AvgIpc) is 2.66. The molecule has 2 heterocycles. The fraction of sp³-hybridized carbons (Fsp3) is 0.500. The molecule has 2 aromatic rings. The standard InChI is InChI=1S/C14H19N3O/c1-10-16-13-8-11(15)5-6-14(13)17(10)9-12-4-2-3-7-18-12/h5-6,8,12H,2-4,7,9,15H2,1H3. The minimum Gasteiger partial charge on any atom is -0.399 e. The van der Waals surface area contributed by atoms with Gasteiger partial charge in [0.1, 0.15) is 5.82 Å². The van der Waals surface area contributed by atoms with Gasteiger partial charge >= 0.3 is 0 Å². The van der Waals surface area contributed by atoms with Crippen LogP contribution in [-0.2, 0) is 11.3 Å². The highest BCUT2D eigenvalue weighted by Gasteiger charge is 2.17. The normalized spacial score (nSPS) is 20.4. The summed E-state index contributed by atoms with van der Waals surface area (Å²) in [6, 6.07) is 5.91. The van der Waals surface area contributed by atoms with E-state index < -0.39 is 0 Å². The van der Waals surface area contributed by atoms with Crippen LogP contribution < -0.4 is 5.73 Å². The third-order valence-corrected chi connectivity index (χ3v) is 3.62. The molecule has 18 heavy (non-hydrogen) atoms. The predicted octanol–water partition coefficient (Wildman–Crippen LogP) is 2.50. The molecule has 0 aliphatic carbocycles. The quantitative estimate of drug-likeness (QED) is 0.827. The number of aryl methyl sites for hydroxylation is 1. The second-order valence-corrected chi connectivity index (χ2v) is 5.01. The maximum atomic E-state index is 5.81. The lowest BCUT2D eigenvalue weighted by Gasteiger charge is -2.23. The average molecular weight is 245 g/mol. The Labute approximate surface area is 107 Å². The topological polar surface area (TPSA) is 53.1 Å². The van der Waals surface area contributed by atoms with E-state index in [4.69, 9.17) is 10.5 Å². The molecule has 0 bridgehead atoms. The lowest BCUT2D eigenvalue weighted by Crippen LogP contribution is -2.24. The molecule has 1 saturated heterocycles. The number of nitrogen functional groups attached to an aromatic ring is 1. The molecule has 0 saturated carbocycles. The molecule has 0 radical (unpaired) electrons. The number of fused-ring (bicyclic) bond motifs is 1. The van der Waals surface area contributed by atoms with Gasteiger partial charge < -0.3 is 15.0 Å². The van der Waals surface area contributed by atoms with Gasteiger partial charge in [-0.1, -0.05) is 0 Å². The van der Waals surface area contributed by atoms with Crippen molar-refractivity contribution < 1.29 is 4.74 Å². The molecular weight excluding hydrogens is 226 g/mol. The summed E-state index contributed by atoms with van der Waals surface area (Å²) in [5.74, 6) is 1.03. The minimum atomic E-state index is 0.326. The summed E-state index contributed by atoms with van der Waals surface area (Å²) in [5, 5.41) is 0. The first kappa shape index (κ1) is 11.5. The Kier molecular flexibility index (Phi) is 2.96. The molecular formula is C14H19N3O. The van der Waals surface area contributed by atoms with Gasteiger partial charge in [-0.25, -0.2) is 4.98 Å². The number of benzene rings is 1. The van der Waals surface area contributed by atoms with Crippen LogP contribution in [0.15, 0.2) is 18.2 Å². The van der Waals surface area contributed by atoms with E-state index in [1.807, 2.05) is 25.1 Å². The molecule has 2 N–H and O–H groups in total. The summed E-state index contributed by atoms with van der Waals surface area (Å²) in [4.78, 5) is 4.57. The summed E-state index contributed by atoms with van der Waals surface area (Å²) in [6.45, 7) is 3.83. The molecule has 4 heteroatoms. The SMILES string of the molecule is Cc1nc2cc(N)ccc2n1CC1CCCCO1. The largest absolute Gasteiger partial charge is 0.399 e. The number of rotatable bonds is 2. The van der Waals surface area contributed by atoms with Crippen LogP contribution in [-0.4, -0.2) is 22.3 Å². The van der Waals surface area contributed by atoms with Gasteiger partial charge in [-0.2, -0.15) is 0 Å². The van der Waals surface area contributed by atoms with Crippen molar-refractivity contribution in [3.05, 3.63) is 24.0 Å². The Hall–Kier alpha value is -1.55. The molecule has 1 fully saturated rings. The minimum absolute atomic E-state index is 0.326. The third kappa shape index (κ3) is 2.08. The van der Waals surface area contributed by atoms with Crippen molar-refractivity contribution in [1.29, 1.82) is 0 Å². The summed E-state index contributed by atoms with van der Waals surface area (Å²) in [5.41, 5.74) is 8.68. The van der Waals surface area contributed by atoms with Crippen LogP contribution in [0.3, 0.4) is 0 Å². The molecule has 1 aromatic heterocycles. The highest BCUT2D eigenvalue weighted by Crippen LogP contribution is 2.22. The number of aromatic nitrogens is 2. The number of imidazole rings is 1. The lowest BCUT2D eigenvalue weighted by atomic mass is 10.1. The third-order valence-electron chi connectivity index (χ3n) is 3.62. The Balaban J connectivity index is 1.92. The smallest absolute Gasteiger partial charge is 0.106 e. The van der Waals surface area contributed by atoms with Crippen molar-refractivity contribution in [2.24, 2.45) is 0 Å². The fourth-order valence-electron chi connectivity index (χ4n) is 2.65. The molecule has 0 spiro atoms. The molecule has 1 aliphatic heterocycles. The van der Waals surface area contributed by atoms with Gasteiger partial charge in [-0.3, -0.25) is 0 Å². The van der Waals surface area contributed by atoms with E-state index in [9.17, 15) is 0 Å². The Bertz CT molecular complexity index is 555. The molecule has 1 atom stereocenters. The first-order valence-electron chi connectivity index (χ1n) is 6.58. The molecule has 0 amide bonds. The van der Waals surface area contributed by atoms with E-state index in [-0.39, 0.29) is 0 Å². The van der Waals surface area contributed by atoms with Crippen molar-refractivity contribution >= 4 is 16.7 Å².